The molecule has 0 atom stereocenters. The number of nitrogens with one attached hydrogen (secondary N) is 1. The molecule has 2 aromatic rings. The van der Waals surface area contributed by atoms with E-state index in [1.165, 1.54) is 0 Å². The van der Waals surface area contributed by atoms with E-state index in [-0.39, 0.29) is 24.2 Å². The Labute approximate surface area is 159 Å². The van der Waals surface area contributed by atoms with Crippen molar-refractivity contribution in [2.45, 2.75) is 43.8 Å². The van der Waals surface area contributed by atoms with Gasteiger partial charge in [-0.15, -0.1) is 0 Å². The zero-order valence-corrected chi connectivity index (χ0v) is 15.2. The highest BCUT2D eigenvalue weighted by Gasteiger charge is 2.47. The van der Waals surface area contributed by atoms with E-state index in [0.717, 1.165) is 6.42 Å². The van der Waals surface area contributed by atoms with Gasteiger partial charge in [0, 0.05) is 7.05 Å². The Morgan fingerprint density at radius 2 is 1.93 bits per heavy atom. The number of para-hydroxylation sites is 2. The SMILES string of the molecule is Cn1c(/C(C#N)=C(\O)C2(NC(=O)C(F)(F)F)CCCCC2)nc2ccccc21. The molecule has 6 nitrogen and oxygen atoms in total. The molecule has 2 N–H and O–H groups in total. The van der Waals surface area contributed by atoms with Gasteiger partial charge < -0.3 is 15.0 Å². The largest absolute Gasteiger partial charge is 0.508 e. The van der Waals surface area contributed by atoms with Crippen molar-refractivity contribution in [2.75, 3.05) is 0 Å². The summed E-state index contributed by atoms with van der Waals surface area (Å²) in [5, 5.41) is 22.6. The van der Waals surface area contributed by atoms with E-state index in [0.29, 0.717) is 23.9 Å². The van der Waals surface area contributed by atoms with Gasteiger partial charge in [-0.2, -0.15) is 18.4 Å². The molecule has 0 spiro atoms. The number of alkyl halides is 3. The van der Waals surface area contributed by atoms with Gasteiger partial charge in [0.15, 0.2) is 5.82 Å². The molecule has 1 saturated carbocycles. The second-order valence-corrected chi connectivity index (χ2v) is 6.91. The Balaban J connectivity index is 2.14. The summed E-state index contributed by atoms with van der Waals surface area (Å²) in [6.45, 7) is 0. The smallest absolute Gasteiger partial charge is 0.471 e. The number of aliphatic hydroxyl groups excluding tert-OH is 1. The number of rotatable bonds is 3. The van der Waals surface area contributed by atoms with Crippen molar-refractivity contribution in [2.24, 2.45) is 7.05 Å². The average molecular weight is 392 g/mol. The van der Waals surface area contributed by atoms with Gasteiger partial charge in [-0.05, 0) is 25.0 Å². The van der Waals surface area contributed by atoms with Crippen molar-refractivity contribution < 1.29 is 23.1 Å². The first kappa shape index (κ1) is 19.7. The average Bonchev–Trinajstić information content (AvgIpc) is 2.99. The monoisotopic (exact) mass is 392 g/mol. The van der Waals surface area contributed by atoms with Crippen molar-refractivity contribution in [3.63, 3.8) is 0 Å². The second-order valence-electron chi connectivity index (χ2n) is 6.91. The van der Waals surface area contributed by atoms with Crippen LogP contribution in [0, 0.1) is 11.3 Å². The van der Waals surface area contributed by atoms with Crippen LogP contribution >= 0.6 is 0 Å². The van der Waals surface area contributed by atoms with Gasteiger partial charge in [0.25, 0.3) is 0 Å². The van der Waals surface area contributed by atoms with E-state index in [9.17, 15) is 28.3 Å². The van der Waals surface area contributed by atoms with Crippen molar-refractivity contribution in [3.8, 4) is 6.07 Å². The molecule has 9 heteroatoms. The highest BCUT2D eigenvalue weighted by atomic mass is 19.4. The number of hydrogen-bond acceptors (Lipinski definition) is 4. The summed E-state index contributed by atoms with van der Waals surface area (Å²) in [6, 6.07) is 8.93. The van der Waals surface area contributed by atoms with Gasteiger partial charge in [-0.1, -0.05) is 31.4 Å². The van der Waals surface area contributed by atoms with Gasteiger partial charge in [-0.25, -0.2) is 4.98 Å². The molecule has 1 aliphatic carbocycles. The minimum Gasteiger partial charge on any atom is -0.508 e. The maximum absolute atomic E-state index is 12.9. The zero-order chi connectivity index (χ0) is 20.5. The van der Waals surface area contributed by atoms with Crippen LogP contribution in [-0.2, 0) is 11.8 Å². The van der Waals surface area contributed by atoms with Crippen LogP contribution in [0.25, 0.3) is 16.6 Å². The second kappa shape index (κ2) is 7.19. The van der Waals surface area contributed by atoms with E-state index in [1.807, 2.05) is 11.4 Å². The first-order valence-electron chi connectivity index (χ1n) is 8.84. The Morgan fingerprint density at radius 3 is 2.50 bits per heavy atom. The molecule has 1 fully saturated rings. The Kier molecular flexibility index (Phi) is 5.06. The van der Waals surface area contributed by atoms with E-state index in [2.05, 4.69) is 4.98 Å². The number of hydrogen-bond donors (Lipinski definition) is 2. The van der Waals surface area contributed by atoms with Crippen LogP contribution in [0.3, 0.4) is 0 Å². The predicted molar refractivity (Wildman–Crippen MR) is 95.9 cm³/mol. The van der Waals surface area contributed by atoms with Crippen LogP contribution in [0.2, 0.25) is 0 Å². The number of halogens is 3. The summed E-state index contributed by atoms with van der Waals surface area (Å²) in [5.41, 5.74) is -0.607. The summed E-state index contributed by atoms with van der Waals surface area (Å²) in [7, 11) is 1.65. The molecule has 1 aromatic carbocycles. The molecule has 0 aliphatic heterocycles. The summed E-state index contributed by atoms with van der Waals surface area (Å²) >= 11 is 0. The van der Waals surface area contributed by atoms with Gasteiger partial charge >= 0.3 is 12.1 Å². The van der Waals surface area contributed by atoms with Crippen molar-refractivity contribution >= 4 is 22.5 Å². The number of carbonyl (C=O) groups is 1. The Hall–Kier alpha value is -3.02. The number of fused-ring (bicyclic) bond motifs is 1. The summed E-state index contributed by atoms with van der Waals surface area (Å²) in [4.78, 5) is 16.0. The first-order valence-corrected chi connectivity index (χ1v) is 8.84. The highest BCUT2D eigenvalue weighted by molar-refractivity contribution is 5.86. The fourth-order valence-electron chi connectivity index (χ4n) is 3.68. The number of allylic oxidation sites excluding steroid dienone is 1. The third-order valence-electron chi connectivity index (χ3n) is 5.13. The molecule has 28 heavy (non-hydrogen) atoms. The van der Waals surface area contributed by atoms with Crippen LogP contribution in [-0.4, -0.2) is 32.3 Å². The summed E-state index contributed by atoms with van der Waals surface area (Å²) in [6.07, 6.45) is -3.07. The lowest BCUT2D eigenvalue weighted by atomic mass is 9.78. The topological polar surface area (TPSA) is 90.9 Å². The van der Waals surface area contributed by atoms with Crippen LogP contribution in [0.15, 0.2) is 30.0 Å². The van der Waals surface area contributed by atoms with Crippen molar-refractivity contribution in [3.05, 3.63) is 35.8 Å². The standard InChI is InChI=1S/C19H19F3N4O2/c1-26-14-8-4-3-7-13(14)24-16(26)12(11-23)15(27)18(9-5-2-6-10-18)25-17(28)19(20,21)22/h3-4,7-8,27H,2,5-6,9-10H2,1H3,(H,25,28)/b15-12-. The fourth-order valence-corrected chi connectivity index (χ4v) is 3.68. The van der Waals surface area contributed by atoms with Crippen LogP contribution in [0.4, 0.5) is 13.2 Å². The van der Waals surface area contributed by atoms with Gasteiger partial charge in [0.05, 0.1) is 16.6 Å². The minimum absolute atomic E-state index is 0.107. The maximum Gasteiger partial charge on any atom is 0.471 e. The first-order chi connectivity index (χ1) is 13.2. The third kappa shape index (κ3) is 3.42. The lowest BCUT2D eigenvalue weighted by molar-refractivity contribution is -0.176. The molecule has 0 radical (unpaired) electrons. The Bertz CT molecular complexity index is 979. The number of benzene rings is 1. The minimum atomic E-state index is -5.09. The number of aliphatic hydroxyl groups is 1. The van der Waals surface area contributed by atoms with Gasteiger partial charge in [0.2, 0.25) is 0 Å². The number of nitriles is 1. The zero-order valence-electron chi connectivity index (χ0n) is 15.2. The molecule has 0 saturated heterocycles. The normalized spacial score (nSPS) is 17.7. The number of imidazole rings is 1. The molecule has 0 unspecified atom stereocenters. The Morgan fingerprint density at radius 1 is 1.29 bits per heavy atom. The molecule has 1 aromatic heterocycles. The molecule has 1 amide bonds. The quantitative estimate of drug-likeness (QED) is 0.615. The molecule has 1 heterocycles. The van der Waals surface area contributed by atoms with Crippen molar-refractivity contribution in [1.82, 2.24) is 14.9 Å². The summed E-state index contributed by atoms with van der Waals surface area (Å²) in [5.74, 6) is -2.58. The lowest BCUT2D eigenvalue weighted by Gasteiger charge is -2.38. The molecular formula is C19H19F3N4O2. The molecule has 3 rings (SSSR count). The van der Waals surface area contributed by atoms with Crippen LogP contribution in [0.1, 0.15) is 37.9 Å². The number of amides is 1. The van der Waals surface area contributed by atoms with Gasteiger partial charge in [0.1, 0.15) is 17.4 Å². The molecule has 0 bridgehead atoms. The molecule has 1 aliphatic rings. The van der Waals surface area contributed by atoms with Crippen LogP contribution in [0.5, 0.6) is 0 Å². The molecule has 148 valence electrons. The fraction of sp³-hybridized carbons (Fsp3) is 0.421. The van der Waals surface area contributed by atoms with E-state index < -0.39 is 23.4 Å². The maximum atomic E-state index is 12.9. The number of nitrogens with zero attached hydrogens (tertiary/aromatic N) is 3. The number of aryl methyl sites for hydroxylation is 1. The van der Waals surface area contributed by atoms with Crippen molar-refractivity contribution in [1.29, 1.82) is 5.26 Å². The number of aromatic nitrogens is 2. The molecular weight excluding hydrogens is 373 g/mol. The van der Waals surface area contributed by atoms with E-state index in [1.54, 1.807) is 35.9 Å². The van der Waals surface area contributed by atoms with E-state index in [4.69, 9.17) is 0 Å². The predicted octanol–water partition coefficient (Wildman–Crippen LogP) is 3.75. The summed E-state index contributed by atoms with van der Waals surface area (Å²) < 4.78 is 40.2. The van der Waals surface area contributed by atoms with Crippen LogP contribution < -0.4 is 5.32 Å². The number of carbonyl (C=O) groups excluding carboxylic acids is 1. The van der Waals surface area contributed by atoms with E-state index >= 15 is 0 Å². The third-order valence-corrected chi connectivity index (χ3v) is 5.13. The lowest BCUT2D eigenvalue weighted by Crippen LogP contribution is -2.55. The van der Waals surface area contributed by atoms with Gasteiger partial charge in [-0.3, -0.25) is 4.79 Å². The highest BCUT2D eigenvalue weighted by Crippen LogP contribution is 2.37.